The molecule has 59 heavy (non-hydrogen) atoms. The number of halogens is 24. The van der Waals surface area contributed by atoms with Gasteiger partial charge in [0.25, 0.3) is 0 Å². The van der Waals surface area contributed by atoms with Crippen LogP contribution in [0.15, 0.2) is 98.1 Å². The van der Waals surface area contributed by atoms with Gasteiger partial charge in [-0.3, -0.25) is 0 Å². The Morgan fingerprint density at radius 1 is 0.288 bits per heavy atom. The minimum absolute atomic E-state index is 1.07. The predicted octanol–water partition coefficient (Wildman–Crippen LogP) is 16.6. The van der Waals surface area contributed by atoms with Crippen LogP contribution in [0.5, 0.6) is 0 Å². The first-order valence-electron chi connectivity index (χ1n) is 15.1. The minimum atomic E-state index is -10.7. The zero-order chi connectivity index (χ0) is 47.1. The van der Waals surface area contributed by atoms with Crippen LogP contribution in [-0.2, 0) is 27.2 Å². The monoisotopic (exact) mass is 992 g/mol. The van der Waals surface area contributed by atoms with Gasteiger partial charge in [-0.2, -0.15) is 0 Å². The van der Waals surface area contributed by atoms with Gasteiger partial charge < -0.3 is 0 Å². The van der Waals surface area contributed by atoms with Crippen LogP contribution in [0.3, 0.4) is 0 Å². The Kier molecular flexibility index (Phi) is 14.4. The molecule has 4 rings (SSSR count). The van der Waals surface area contributed by atoms with E-state index in [0.717, 1.165) is 13.1 Å². The summed E-state index contributed by atoms with van der Waals surface area (Å²) in [6.45, 7) is 2.14. The number of aromatic nitrogens is 4. The van der Waals surface area contributed by atoms with E-state index in [0.29, 0.717) is 0 Å². The van der Waals surface area contributed by atoms with Gasteiger partial charge in [0.2, 0.25) is 0 Å². The third-order valence-corrected chi connectivity index (χ3v) is 5.74. The predicted molar refractivity (Wildman–Crippen MR) is 175 cm³/mol. The zero-order valence-corrected chi connectivity index (χ0v) is 33.0. The molecule has 4 heterocycles. The van der Waals surface area contributed by atoms with Crippen molar-refractivity contribution in [2.75, 3.05) is 0 Å². The normalized spacial score (nSPS) is 16.7. The molecular weight excluding hydrogens is 960 g/mol. The maximum atomic E-state index is 9.87. The molecular formula is C27H32F24N4P4. The molecule has 0 amide bonds. The molecule has 4 nitrogen and oxygen atoms in total. The second-order valence-corrected chi connectivity index (χ2v) is 19.7. The molecule has 0 saturated carbocycles. The van der Waals surface area contributed by atoms with Crippen molar-refractivity contribution in [1.29, 1.82) is 0 Å². The molecule has 4 aromatic rings. The summed E-state index contributed by atoms with van der Waals surface area (Å²) < 4.78 is 245. The Labute approximate surface area is 317 Å². The summed E-state index contributed by atoms with van der Waals surface area (Å²) in [7, 11) is -38.5. The van der Waals surface area contributed by atoms with Gasteiger partial charge in [-0.1, -0.05) is 0 Å². The number of hydrogen-bond donors (Lipinski definition) is 0. The number of aryl methyl sites for hydroxylation is 4. The molecule has 0 aliphatic rings. The molecule has 348 valence electrons. The van der Waals surface area contributed by atoms with Crippen molar-refractivity contribution in [2.24, 2.45) is 14.1 Å². The topological polar surface area (TPSA) is 15.5 Å². The number of unbranched alkanes of at least 4 members (excludes halogenated alkanes) is 2. The van der Waals surface area contributed by atoms with E-state index in [4.69, 9.17) is 0 Å². The van der Waals surface area contributed by atoms with Gasteiger partial charge in [0.15, 0.2) is 49.6 Å². The molecule has 0 fully saturated rings. The van der Waals surface area contributed by atoms with Crippen LogP contribution in [0, 0.1) is 0 Å². The van der Waals surface area contributed by atoms with Crippen molar-refractivity contribution in [1.82, 2.24) is 0 Å². The Bertz CT molecular complexity index is 1720. The molecule has 0 unspecified atom stereocenters. The average Bonchev–Trinajstić information content (AvgIpc) is 2.92. The first kappa shape index (κ1) is 55.6. The fourth-order valence-electron chi connectivity index (χ4n) is 3.75. The molecule has 0 bridgehead atoms. The van der Waals surface area contributed by atoms with Crippen molar-refractivity contribution in [3.63, 3.8) is 0 Å². The van der Waals surface area contributed by atoms with Gasteiger partial charge in [0.05, 0.1) is 0 Å². The molecule has 0 aliphatic heterocycles. The Balaban J connectivity index is 0.000000972. The third-order valence-electron chi connectivity index (χ3n) is 5.74. The zero-order valence-electron chi connectivity index (χ0n) is 29.4. The summed E-state index contributed by atoms with van der Waals surface area (Å²) in [5, 5.41) is 0. The van der Waals surface area contributed by atoms with E-state index < -0.39 is 31.2 Å². The fraction of sp³-hybridized carbons (Fsp3) is 0.259. The number of rotatable bonds is 8. The Morgan fingerprint density at radius 3 is 0.610 bits per heavy atom. The van der Waals surface area contributed by atoms with E-state index >= 15 is 0 Å². The summed E-state index contributed by atoms with van der Waals surface area (Å²) in [4.78, 5) is 0. The first-order valence-corrected chi connectivity index (χ1v) is 23.2. The Hall–Kier alpha value is -3.36. The average molecular weight is 992 g/mol. The SMILES string of the molecule is C[n+]1ccc(-c2cc[n+](CCCCC[n+]3ccc(-c4cc[n+](C)cc4)cc3)cc2)cc1.F[P-](F)(F)(F)(F)F.F[P-](F)(F)(F)(F)F.F[P-](F)(F)(F)(F)F.F[P-](F)(F)(F)(F)F. The number of pyridine rings is 4. The van der Waals surface area contributed by atoms with Crippen LogP contribution in [0.1, 0.15) is 19.3 Å². The molecule has 0 atom stereocenters. The fourth-order valence-corrected chi connectivity index (χ4v) is 3.75. The van der Waals surface area contributed by atoms with Crippen molar-refractivity contribution in [2.45, 2.75) is 32.4 Å². The summed E-state index contributed by atoms with van der Waals surface area (Å²) in [6.07, 6.45) is 20.8. The summed E-state index contributed by atoms with van der Waals surface area (Å²) in [6, 6.07) is 17.5. The van der Waals surface area contributed by atoms with Crippen molar-refractivity contribution in [3.8, 4) is 22.3 Å². The van der Waals surface area contributed by atoms with E-state index in [1.807, 2.05) is 14.1 Å². The van der Waals surface area contributed by atoms with Gasteiger partial charge in [0.1, 0.15) is 27.2 Å². The number of hydrogen-bond acceptors (Lipinski definition) is 0. The summed E-state index contributed by atoms with van der Waals surface area (Å²) in [5.41, 5.74) is 5.05. The third kappa shape index (κ3) is 54.6. The van der Waals surface area contributed by atoms with Gasteiger partial charge >= 0.3 is 132 Å². The molecule has 0 saturated heterocycles. The molecule has 0 radical (unpaired) electrons. The van der Waals surface area contributed by atoms with Gasteiger partial charge in [-0.05, 0) is 28.7 Å². The van der Waals surface area contributed by atoms with E-state index in [1.54, 1.807) is 0 Å². The van der Waals surface area contributed by atoms with Crippen molar-refractivity contribution < 1.29 is 119 Å². The molecule has 0 aliphatic carbocycles. The quantitative estimate of drug-likeness (QED) is 0.0724. The molecule has 0 spiro atoms. The molecule has 0 aromatic carbocycles. The second-order valence-electron chi connectivity index (χ2n) is 12.0. The van der Waals surface area contributed by atoms with Gasteiger partial charge in [-0.15, -0.1) is 0 Å². The van der Waals surface area contributed by atoms with Crippen molar-refractivity contribution >= 4 is 31.2 Å². The van der Waals surface area contributed by atoms with Crippen molar-refractivity contribution in [3.05, 3.63) is 98.1 Å². The van der Waals surface area contributed by atoms with Gasteiger partial charge in [-0.25, -0.2) is 18.3 Å². The van der Waals surface area contributed by atoms with E-state index in [2.05, 4.69) is 116 Å². The molecule has 0 N–H and O–H groups in total. The van der Waals surface area contributed by atoms with E-state index in [1.165, 1.54) is 41.5 Å². The van der Waals surface area contributed by atoms with E-state index in [-0.39, 0.29) is 0 Å². The van der Waals surface area contributed by atoms with Crippen LogP contribution in [0.2, 0.25) is 0 Å². The summed E-state index contributed by atoms with van der Waals surface area (Å²) in [5.74, 6) is 0. The standard InChI is InChI=1S/C27H32N4.4F6P/c1-28-16-6-24(7-17-28)26-10-20-30(21-11-26)14-4-3-5-15-31-22-12-27(13-23-31)25-8-18-29(2)19-9-25;4*1-7(2,3,4,5)6/h6-13,16-23H,3-5,14-15H2,1-2H3;;;;/q+4;4*-1. The van der Waals surface area contributed by atoms with Gasteiger partial charge in [0, 0.05) is 61.4 Å². The van der Waals surface area contributed by atoms with Crippen LogP contribution >= 0.6 is 31.2 Å². The first-order chi connectivity index (χ1) is 25.0. The Morgan fingerprint density at radius 2 is 0.441 bits per heavy atom. The number of nitrogens with zero attached hydrogens (tertiary/aromatic N) is 4. The molecule has 32 heteroatoms. The maximum absolute atomic E-state index is 10.7. The summed E-state index contributed by atoms with van der Waals surface area (Å²) >= 11 is 0. The second kappa shape index (κ2) is 15.2. The van der Waals surface area contributed by atoms with Crippen LogP contribution in [0.4, 0.5) is 101 Å². The van der Waals surface area contributed by atoms with E-state index in [9.17, 15) is 101 Å². The van der Waals surface area contributed by atoms with Crippen LogP contribution < -0.4 is 18.3 Å². The molecule has 4 aromatic heterocycles. The van der Waals surface area contributed by atoms with Crippen LogP contribution in [0.25, 0.3) is 22.3 Å². The van der Waals surface area contributed by atoms with Crippen LogP contribution in [-0.4, -0.2) is 0 Å².